The van der Waals surface area contributed by atoms with E-state index < -0.39 is 4.92 Å². The Morgan fingerprint density at radius 1 is 1.29 bits per heavy atom. The number of nitrogens with zero attached hydrogens (tertiary/aromatic N) is 1. The zero-order chi connectivity index (χ0) is 15.4. The number of rotatable bonds is 5. The number of para-hydroxylation sites is 1. The van der Waals surface area contributed by atoms with Gasteiger partial charge in [-0.05, 0) is 30.5 Å². The van der Waals surface area contributed by atoms with E-state index in [9.17, 15) is 10.1 Å². The summed E-state index contributed by atoms with van der Waals surface area (Å²) in [4.78, 5) is 10.3. The van der Waals surface area contributed by atoms with Crippen LogP contribution in [0.1, 0.15) is 11.1 Å². The van der Waals surface area contributed by atoms with Crippen LogP contribution in [-0.4, -0.2) is 16.6 Å². The molecule has 0 atom stereocenters. The number of ether oxygens (including phenoxy) is 1. The van der Waals surface area contributed by atoms with Gasteiger partial charge in [-0.3, -0.25) is 10.1 Å². The summed E-state index contributed by atoms with van der Waals surface area (Å²) in [6.07, 6.45) is 0.468. The van der Waals surface area contributed by atoms with Crippen molar-refractivity contribution in [3.05, 3.63) is 62.7 Å². The molecule has 0 heterocycles. The summed E-state index contributed by atoms with van der Waals surface area (Å²) in [5.41, 5.74) is 1.32. The van der Waals surface area contributed by atoms with Crippen molar-refractivity contribution in [1.29, 1.82) is 0 Å². The fourth-order valence-electron chi connectivity index (χ4n) is 1.95. The summed E-state index contributed by atoms with van der Waals surface area (Å²) < 4.78 is 5.79. The molecule has 2 aromatic rings. The minimum absolute atomic E-state index is 0.0143. The molecule has 0 amide bonds. The Morgan fingerprint density at radius 3 is 2.67 bits per heavy atom. The molecule has 110 valence electrons. The molecule has 1 N–H and O–H groups in total. The Morgan fingerprint density at radius 2 is 2.00 bits per heavy atom. The monoisotopic (exact) mass is 307 g/mol. The van der Waals surface area contributed by atoms with Crippen LogP contribution >= 0.6 is 11.6 Å². The fraction of sp³-hybridized carbons (Fsp3) is 0.200. The summed E-state index contributed by atoms with van der Waals surface area (Å²) >= 11 is 5.90. The zero-order valence-corrected chi connectivity index (χ0v) is 12.1. The van der Waals surface area contributed by atoms with Crippen LogP contribution in [0.5, 0.6) is 11.5 Å². The number of nitro groups is 1. The SMILES string of the molecule is Cc1cc([N+](=O)[O-])c(Cl)cc1Oc1ccccc1CCO. The topological polar surface area (TPSA) is 72.6 Å². The molecule has 0 aliphatic rings. The molecule has 0 radical (unpaired) electrons. The number of hydrogen-bond donors (Lipinski definition) is 1. The summed E-state index contributed by atoms with van der Waals surface area (Å²) in [7, 11) is 0. The average Bonchev–Trinajstić information content (AvgIpc) is 2.44. The first-order chi connectivity index (χ1) is 10.0. The van der Waals surface area contributed by atoms with Gasteiger partial charge >= 0.3 is 0 Å². The average molecular weight is 308 g/mol. The van der Waals surface area contributed by atoms with E-state index in [4.69, 9.17) is 21.4 Å². The number of halogens is 1. The Labute approximate surface area is 126 Å². The number of aliphatic hydroxyl groups is 1. The summed E-state index contributed by atoms with van der Waals surface area (Å²) in [5, 5.41) is 19.9. The lowest BCUT2D eigenvalue weighted by molar-refractivity contribution is -0.384. The van der Waals surface area contributed by atoms with Crippen molar-refractivity contribution in [2.45, 2.75) is 13.3 Å². The molecule has 21 heavy (non-hydrogen) atoms. The van der Waals surface area contributed by atoms with Crippen LogP contribution in [0.25, 0.3) is 0 Å². The maximum atomic E-state index is 10.8. The molecule has 0 spiro atoms. The van der Waals surface area contributed by atoms with Gasteiger partial charge in [0.15, 0.2) is 0 Å². The van der Waals surface area contributed by atoms with Crippen LogP contribution in [0.2, 0.25) is 5.02 Å². The Kier molecular flexibility index (Phi) is 4.77. The number of benzene rings is 2. The van der Waals surface area contributed by atoms with Crippen molar-refractivity contribution >= 4 is 17.3 Å². The first-order valence-electron chi connectivity index (χ1n) is 6.34. The molecule has 0 aromatic heterocycles. The van der Waals surface area contributed by atoms with Crippen LogP contribution in [0, 0.1) is 17.0 Å². The minimum Gasteiger partial charge on any atom is -0.457 e. The Balaban J connectivity index is 2.36. The van der Waals surface area contributed by atoms with Gasteiger partial charge in [0.25, 0.3) is 5.69 Å². The minimum atomic E-state index is -0.529. The van der Waals surface area contributed by atoms with Crippen LogP contribution in [0.3, 0.4) is 0 Å². The van der Waals surface area contributed by atoms with E-state index in [0.29, 0.717) is 23.5 Å². The second kappa shape index (κ2) is 6.56. The lowest BCUT2D eigenvalue weighted by atomic mass is 10.1. The van der Waals surface area contributed by atoms with Gasteiger partial charge in [0, 0.05) is 18.7 Å². The van der Waals surface area contributed by atoms with E-state index in [2.05, 4.69) is 0 Å². The molecule has 0 unspecified atom stereocenters. The molecule has 6 heteroatoms. The van der Waals surface area contributed by atoms with Crippen molar-refractivity contribution < 1.29 is 14.8 Å². The van der Waals surface area contributed by atoms with E-state index in [1.165, 1.54) is 12.1 Å². The summed E-state index contributed by atoms with van der Waals surface area (Å²) in [6.45, 7) is 1.73. The van der Waals surface area contributed by atoms with Crippen molar-refractivity contribution in [3.8, 4) is 11.5 Å². The predicted octanol–water partition coefficient (Wildman–Crippen LogP) is 3.88. The van der Waals surface area contributed by atoms with Crippen molar-refractivity contribution in [3.63, 3.8) is 0 Å². The molecule has 2 aromatic carbocycles. The maximum absolute atomic E-state index is 10.8. The van der Waals surface area contributed by atoms with Gasteiger partial charge < -0.3 is 9.84 Å². The van der Waals surface area contributed by atoms with Crippen molar-refractivity contribution in [2.75, 3.05) is 6.61 Å². The third-order valence-corrected chi connectivity index (χ3v) is 3.32. The smallest absolute Gasteiger partial charge is 0.288 e. The predicted molar refractivity (Wildman–Crippen MR) is 80.1 cm³/mol. The van der Waals surface area contributed by atoms with Gasteiger partial charge in [0.05, 0.1) is 4.92 Å². The van der Waals surface area contributed by atoms with Crippen molar-refractivity contribution in [1.82, 2.24) is 0 Å². The highest BCUT2D eigenvalue weighted by Crippen LogP contribution is 2.35. The van der Waals surface area contributed by atoms with Gasteiger partial charge in [-0.2, -0.15) is 0 Å². The number of aryl methyl sites for hydroxylation is 1. The normalized spacial score (nSPS) is 10.4. The molecule has 2 rings (SSSR count). The third-order valence-electron chi connectivity index (χ3n) is 3.01. The van der Waals surface area contributed by atoms with E-state index in [-0.39, 0.29) is 17.3 Å². The van der Waals surface area contributed by atoms with Gasteiger partial charge in [0.2, 0.25) is 0 Å². The number of nitro benzene ring substituents is 1. The molecule has 0 saturated carbocycles. The largest absolute Gasteiger partial charge is 0.457 e. The first kappa shape index (κ1) is 15.3. The maximum Gasteiger partial charge on any atom is 0.288 e. The van der Waals surface area contributed by atoms with Gasteiger partial charge in [-0.25, -0.2) is 0 Å². The van der Waals surface area contributed by atoms with Gasteiger partial charge in [0.1, 0.15) is 16.5 Å². The van der Waals surface area contributed by atoms with Crippen LogP contribution in [-0.2, 0) is 6.42 Å². The lowest BCUT2D eigenvalue weighted by Gasteiger charge is -2.12. The standard InChI is InChI=1S/C15H14ClNO4/c1-10-8-13(17(19)20)12(16)9-15(10)21-14-5-3-2-4-11(14)6-7-18/h2-5,8-9,18H,6-7H2,1H3. The quantitative estimate of drug-likeness (QED) is 0.672. The highest BCUT2D eigenvalue weighted by Gasteiger charge is 2.16. The third kappa shape index (κ3) is 3.51. The molecule has 0 saturated heterocycles. The van der Waals surface area contributed by atoms with Crippen LogP contribution in [0.4, 0.5) is 5.69 Å². The molecule has 5 nitrogen and oxygen atoms in total. The van der Waals surface area contributed by atoms with Gasteiger partial charge in [-0.1, -0.05) is 29.8 Å². The van der Waals surface area contributed by atoms with E-state index in [1.807, 2.05) is 18.2 Å². The number of hydrogen-bond acceptors (Lipinski definition) is 4. The van der Waals surface area contributed by atoms with E-state index >= 15 is 0 Å². The second-order valence-corrected chi connectivity index (χ2v) is 4.92. The summed E-state index contributed by atoms with van der Waals surface area (Å²) in [6, 6.07) is 10.1. The molecular weight excluding hydrogens is 294 g/mol. The summed E-state index contributed by atoms with van der Waals surface area (Å²) in [5.74, 6) is 1.05. The van der Waals surface area contributed by atoms with Crippen LogP contribution in [0.15, 0.2) is 36.4 Å². The van der Waals surface area contributed by atoms with Gasteiger partial charge in [-0.15, -0.1) is 0 Å². The highest BCUT2D eigenvalue weighted by molar-refractivity contribution is 6.32. The first-order valence-corrected chi connectivity index (χ1v) is 6.72. The fourth-order valence-corrected chi connectivity index (χ4v) is 2.17. The molecule has 0 aliphatic heterocycles. The Hall–Kier alpha value is -2.11. The highest BCUT2D eigenvalue weighted by atomic mass is 35.5. The van der Waals surface area contributed by atoms with Crippen molar-refractivity contribution in [2.24, 2.45) is 0 Å². The Bertz CT molecular complexity index is 673. The van der Waals surface area contributed by atoms with Crippen LogP contribution < -0.4 is 4.74 Å². The molecule has 0 aliphatic carbocycles. The molecule has 0 bridgehead atoms. The van der Waals surface area contributed by atoms with E-state index in [1.54, 1.807) is 13.0 Å². The lowest BCUT2D eigenvalue weighted by Crippen LogP contribution is -1.97. The number of aliphatic hydroxyl groups excluding tert-OH is 1. The van der Waals surface area contributed by atoms with E-state index in [0.717, 1.165) is 5.56 Å². The second-order valence-electron chi connectivity index (χ2n) is 4.51. The molecule has 0 fully saturated rings. The zero-order valence-electron chi connectivity index (χ0n) is 11.4. The molecular formula is C15H14ClNO4.